The number of hydrogen-bond acceptors (Lipinski definition) is 21. The van der Waals surface area contributed by atoms with E-state index in [1.807, 2.05) is 0 Å². The summed E-state index contributed by atoms with van der Waals surface area (Å²) < 4.78 is 50.6. The zero-order valence-electron chi connectivity index (χ0n) is 39.1. The number of carbonyl (C=O) groups is 1. The molecule has 0 atom stereocenters. The molecule has 0 aromatic rings. The number of carbonyl (C=O) groups excluding carboxylic acids is 1. The average molecular weight is 958 g/mol. The summed E-state index contributed by atoms with van der Waals surface area (Å²) in [6.07, 6.45) is 1.80. The molecule has 0 saturated carbocycles. The summed E-state index contributed by atoms with van der Waals surface area (Å²) in [4.78, 5) is 14.1. The zero-order valence-corrected chi connectivity index (χ0v) is 37.1. The van der Waals surface area contributed by atoms with Gasteiger partial charge in [-0.15, -0.1) is 0 Å². The Bertz CT molecular complexity index is 635. The Morgan fingerprint density at radius 3 is 1.25 bits per heavy atom. The molecule has 0 radical (unpaired) electrons. The number of hydrogen-bond donors (Lipinski definition) is 10. The molecule has 0 bridgehead atoms. The fourth-order valence-corrected chi connectivity index (χ4v) is 3.06. The Morgan fingerprint density at radius 1 is 0.656 bits per heavy atom. The van der Waals surface area contributed by atoms with Crippen LogP contribution in [0.4, 0.5) is 0 Å². The van der Waals surface area contributed by atoms with E-state index >= 15 is 0 Å². The van der Waals surface area contributed by atoms with Crippen LogP contribution < -0.4 is 17.2 Å². The van der Waals surface area contributed by atoms with Gasteiger partial charge in [-0.25, -0.2) is 0 Å². The smallest absolute Gasteiger partial charge is 1.00 e. The summed E-state index contributed by atoms with van der Waals surface area (Å²) in [6, 6.07) is 0. The molecule has 0 spiro atoms. The number of nitrogens with zero attached hydrogens (tertiary/aromatic N) is 2. The molecule has 0 aromatic heterocycles. The van der Waals surface area contributed by atoms with Gasteiger partial charge in [0.05, 0.1) is 126 Å². The van der Waals surface area contributed by atoms with Crippen molar-refractivity contribution in [1.82, 2.24) is 21.3 Å². The van der Waals surface area contributed by atoms with Crippen LogP contribution in [-0.2, 0) is 52.1 Å². The van der Waals surface area contributed by atoms with Crippen molar-refractivity contribution in [3.8, 4) is 0 Å². The first-order valence-electron chi connectivity index (χ1n) is 18.8. The van der Waals surface area contributed by atoms with Crippen LogP contribution >= 0.6 is 0 Å². The number of quaternary nitrogens is 1. The third-order valence-electron chi connectivity index (χ3n) is 5.74. The van der Waals surface area contributed by atoms with E-state index in [4.69, 9.17) is 65.4 Å². The first-order chi connectivity index (χ1) is 28.4. The number of aliphatic hydroxyl groups excluding tert-OH is 6. The van der Waals surface area contributed by atoms with Gasteiger partial charge >= 0.3 is 12.7 Å². The molecule has 0 aromatic carbocycles. The first kappa shape index (κ1) is 96.3. The van der Waals surface area contributed by atoms with E-state index in [9.17, 15) is 4.79 Å². The Kier molecular flexibility index (Phi) is 171. The average Bonchev–Trinajstić information content (AvgIpc) is 3.28. The van der Waals surface area contributed by atoms with Gasteiger partial charge in [0.1, 0.15) is 12.9 Å². The Morgan fingerprint density at radius 2 is 1.02 bits per heavy atom. The van der Waals surface area contributed by atoms with Gasteiger partial charge in [0, 0.05) is 87.0 Å². The normalized spacial score (nSPS) is 12.7. The van der Waals surface area contributed by atoms with Crippen LogP contribution in [0.1, 0.15) is 40.0 Å². The summed E-state index contributed by atoms with van der Waals surface area (Å²) in [7, 11) is 8.03. The molecule has 3 fully saturated rings. The van der Waals surface area contributed by atoms with Crippen LogP contribution in [0.15, 0.2) is 0 Å². The van der Waals surface area contributed by atoms with Gasteiger partial charge in [-0.3, -0.25) is 4.90 Å². The number of rotatable bonds is 19. The number of methoxy groups -OCH3 is 3. The van der Waals surface area contributed by atoms with Crippen LogP contribution in [0.3, 0.4) is 0 Å². The number of aliphatic hydroxyl groups is 6. The topological polar surface area (TPSA) is 346 Å². The van der Waals surface area contributed by atoms with Crippen molar-refractivity contribution >= 4 is 12.5 Å². The minimum Gasteiger partial charge on any atom is -1.00 e. The van der Waals surface area contributed by atoms with Gasteiger partial charge < -0.3 is 107 Å². The van der Waals surface area contributed by atoms with Gasteiger partial charge in [-0.05, 0) is 7.05 Å². The summed E-state index contributed by atoms with van der Waals surface area (Å²) >= 11 is 0. The van der Waals surface area contributed by atoms with Crippen molar-refractivity contribution in [2.45, 2.75) is 37.1 Å². The fourth-order valence-electron chi connectivity index (χ4n) is 3.06. The number of morpholine rings is 3. The number of ether oxygens (including phenoxy) is 9. The van der Waals surface area contributed by atoms with Gasteiger partial charge in [-0.2, -0.15) is 0 Å². The second-order valence-corrected chi connectivity index (χ2v) is 10.3. The molecule has 404 valence electrons. The maximum atomic E-state index is 9.47. The van der Waals surface area contributed by atoms with Crippen molar-refractivity contribution in [3.05, 3.63) is 6.65 Å². The molecule has 0 amide bonds. The number of aldehydes is 1. The van der Waals surface area contributed by atoms with Gasteiger partial charge in [0.15, 0.2) is 0 Å². The number of likely N-dealkylation sites (N-methyl/N-ethyl adjacent to an activating group) is 1. The van der Waals surface area contributed by atoms with Crippen molar-refractivity contribution in [3.63, 3.8) is 0 Å². The van der Waals surface area contributed by atoms with Gasteiger partial charge in [-0.1, -0.05) is 37.1 Å². The van der Waals surface area contributed by atoms with E-state index < -0.39 is 0 Å². The summed E-state index contributed by atoms with van der Waals surface area (Å²) in [6.45, 7) is 21.6. The Labute approximate surface area is 393 Å². The minimum atomic E-state index is -0.0200. The minimum absolute atomic E-state index is 0. The van der Waals surface area contributed by atoms with E-state index in [0.717, 1.165) is 105 Å². The van der Waals surface area contributed by atoms with E-state index in [0.29, 0.717) is 52.5 Å². The molecule has 23 heteroatoms. The molecule has 0 aliphatic carbocycles. The maximum Gasteiger partial charge on any atom is 1.00 e. The number of nitrogens with two attached hydrogens (primary N) is 1. The Hall–Kier alpha value is -1.72. The molecule has 3 aliphatic rings. The molecule has 0 unspecified atom stereocenters. The zero-order chi connectivity index (χ0) is 45.4. The quantitative estimate of drug-likeness (QED) is 0.0266. The monoisotopic (exact) mass is 958 g/mol. The summed E-state index contributed by atoms with van der Waals surface area (Å²) in [5.74, 6) is 0. The fraction of sp³-hybridized carbons (Fsp3) is 0.927. The SMILES string of the molecule is C.C.C.C.C.C1COCCN1.CN1CCOCC1.CO.COCCN.COCCN1CCOCC1.COCCO.N=CCOCCO.O=CCOCCO.OCCOCCO.[C-]#[O+].[H+].[H-].[NH4+]. The summed E-state index contributed by atoms with van der Waals surface area (Å²) in [5.41, 5.74) is 5.01. The van der Waals surface area contributed by atoms with Crippen molar-refractivity contribution < 1.29 is 85.6 Å². The molecule has 64 heavy (non-hydrogen) atoms. The van der Waals surface area contributed by atoms with Crippen molar-refractivity contribution in [2.75, 3.05) is 220 Å². The van der Waals surface area contributed by atoms with Crippen LogP contribution in [0.5, 0.6) is 0 Å². The summed E-state index contributed by atoms with van der Waals surface area (Å²) in [5, 5.41) is 56.9. The van der Waals surface area contributed by atoms with Crippen LogP contribution in [0, 0.1) is 12.1 Å². The third kappa shape index (κ3) is 131. The van der Waals surface area contributed by atoms with Crippen LogP contribution in [0.25, 0.3) is 0 Å². The molecule has 3 rings (SSSR count). The van der Waals surface area contributed by atoms with Crippen molar-refractivity contribution in [2.24, 2.45) is 5.73 Å². The van der Waals surface area contributed by atoms with Crippen molar-refractivity contribution in [1.29, 1.82) is 5.41 Å². The third-order valence-corrected chi connectivity index (χ3v) is 5.74. The van der Waals surface area contributed by atoms with E-state index in [1.54, 1.807) is 21.3 Å². The molecule has 14 N–H and O–H groups in total. The molecule has 3 aliphatic heterocycles. The van der Waals surface area contributed by atoms with E-state index in [2.05, 4.69) is 52.5 Å². The van der Waals surface area contributed by atoms with E-state index in [-0.39, 0.29) is 92.4 Å². The predicted molar refractivity (Wildman–Crippen MR) is 261 cm³/mol. The molecule has 3 heterocycles. The standard InChI is InChI=1S/C7H15NO2.C5H11NO.C4H9NO2.C4H9NO.C4H10O3.C4H8O3.C3H9NO.C3H8O2.CH4O.CO.5CH4.H3N.H/c1-9-5-2-8-3-6-10-7-4-8;1-6-2-4-7-5-3-6;5-1-3-7-4-2-6;1-3-6-4-2-5-1;2*5-1-3-7-4-2-6;2*1-5-3-2-4;2*1-2;;;;;;;/h2-7H2,1H3;2-5H2,1H3;1,5-6H,2-4H2;5H,1-4H2;5-6H,1-4H2;1,6H,2-4H2;2-4H2,1H3;4H,2-3H2,1H3;2H,1H3;;5*1H4;1H3;/q;;;;;;;;;;;;;;;;-1/p+2. The largest absolute Gasteiger partial charge is 1.00 e. The Balaban J connectivity index is -0.0000000339. The first-order valence-corrected chi connectivity index (χ1v) is 18.8. The maximum absolute atomic E-state index is 9.47. The number of nitrogens with one attached hydrogen (secondary N) is 2. The van der Waals surface area contributed by atoms with Gasteiger partial charge in [0.25, 0.3) is 0 Å². The van der Waals surface area contributed by atoms with Crippen LogP contribution in [-0.4, -0.2) is 273 Å². The predicted octanol–water partition coefficient (Wildman–Crippen LogP) is -0.0844. The molecule has 3 saturated heterocycles. The van der Waals surface area contributed by atoms with Gasteiger partial charge in [0.2, 0.25) is 0 Å². The van der Waals surface area contributed by atoms with E-state index in [1.165, 1.54) is 0 Å². The second-order valence-electron chi connectivity index (χ2n) is 10.3. The second kappa shape index (κ2) is 114. The molecular weight excluding hydrogens is 848 g/mol. The molecule has 23 nitrogen and oxygen atoms in total. The van der Waals surface area contributed by atoms with Crippen LogP contribution in [0.2, 0.25) is 0 Å². The molecular formula is C41H109N6O17+.